The highest BCUT2D eigenvalue weighted by molar-refractivity contribution is 5.78. The van der Waals surface area contributed by atoms with E-state index >= 15 is 0 Å². The van der Waals surface area contributed by atoms with Crippen LogP contribution in [0.2, 0.25) is 0 Å². The van der Waals surface area contributed by atoms with Gasteiger partial charge in [-0.05, 0) is 67.5 Å². The lowest BCUT2D eigenvalue weighted by molar-refractivity contribution is -0.152. The Bertz CT molecular complexity index is 1040. The molecule has 0 aromatic heterocycles. The number of rotatable bonds is 11. The monoisotopic (exact) mass is 496 g/mol. The van der Waals surface area contributed by atoms with Crippen LogP contribution >= 0.6 is 0 Å². The van der Waals surface area contributed by atoms with Gasteiger partial charge in [0.25, 0.3) is 0 Å². The van der Waals surface area contributed by atoms with Crippen molar-refractivity contribution in [1.29, 1.82) is 0 Å². The Balaban J connectivity index is 1.71. The molecule has 36 heavy (non-hydrogen) atoms. The van der Waals surface area contributed by atoms with Gasteiger partial charge in [0.05, 0.1) is 12.1 Å². The lowest BCUT2D eigenvalue weighted by Gasteiger charge is -2.37. The van der Waals surface area contributed by atoms with E-state index in [1.54, 1.807) is 24.3 Å². The van der Waals surface area contributed by atoms with Crippen molar-refractivity contribution in [3.63, 3.8) is 0 Å². The van der Waals surface area contributed by atoms with Crippen LogP contribution in [0.5, 0.6) is 11.5 Å². The number of carboxylic acids is 1. The quantitative estimate of drug-likeness (QED) is 0.434. The summed E-state index contributed by atoms with van der Waals surface area (Å²) in [5, 5.41) is 12.3. The maximum Gasteiger partial charge on any atom is 0.347 e. The number of aliphatic carboxylic acids is 1. The largest absolute Gasteiger partial charge is 0.494 e. The van der Waals surface area contributed by atoms with E-state index in [1.165, 1.54) is 25.0 Å². The maximum absolute atomic E-state index is 12.7. The molecule has 7 heteroatoms. The third kappa shape index (κ3) is 6.50. The van der Waals surface area contributed by atoms with E-state index in [1.807, 2.05) is 4.90 Å². The number of carbonyl (C=O) groups excluding carboxylic acids is 1. The Morgan fingerprint density at radius 3 is 2.19 bits per heavy atom. The van der Waals surface area contributed by atoms with Crippen molar-refractivity contribution >= 4 is 12.0 Å². The van der Waals surface area contributed by atoms with Crippen LogP contribution < -0.4 is 14.8 Å². The highest BCUT2D eigenvalue weighted by atomic mass is 16.5. The van der Waals surface area contributed by atoms with Crippen LogP contribution in [0.25, 0.3) is 0 Å². The summed E-state index contributed by atoms with van der Waals surface area (Å²) in [6, 6.07) is 15.6. The van der Waals surface area contributed by atoms with Crippen molar-refractivity contribution in [2.45, 2.75) is 77.4 Å². The fourth-order valence-electron chi connectivity index (χ4n) is 4.48. The molecule has 0 radical (unpaired) electrons. The Morgan fingerprint density at radius 1 is 1.03 bits per heavy atom. The molecule has 1 aliphatic heterocycles. The first-order valence-corrected chi connectivity index (χ1v) is 12.7. The van der Waals surface area contributed by atoms with Gasteiger partial charge in [-0.2, -0.15) is 0 Å². The van der Waals surface area contributed by atoms with Gasteiger partial charge in [-0.3, -0.25) is 0 Å². The molecule has 1 atom stereocenters. The van der Waals surface area contributed by atoms with Gasteiger partial charge >= 0.3 is 12.0 Å². The zero-order chi connectivity index (χ0) is 26.6. The number of hydrogen-bond donors (Lipinski definition) is 2. The SMILES string of the molecule is CCCN1C(=O)NCC1(CCOc1ccc(OC(C)(C)C(=O)O)cc1)Cc1ccc(C(C)(C)C)cc1. The average Bonchev–Trinajstić information content (AvgIpc) is 3.10. The topological polar surface area (TPSA) is 88.1 Å². The number of nitrogens with zero attached hydrogens (tertiary/aromatic N) is 1. The fraction of sp³-hybridized carbons (Fsp3) is 0.517. The molecule has 7 nitrogen and oxygen atoms in total. The van der Waals surface area contributed by atoms with E-state index in [2.05, 4.69) is 57.3 Å². The summed E-state index contributed by atoms with van der Waals surface area (Å²) in [6.07, 6.45) is 2.31. The summed E-state index contributed by atoms with van der Waals surface area (Å²) in [5.41, 5.74) is 0.889. The van der Waals surface area contributed by atoms with Crippen LogP contribution in [-0.2, 0) is 16.6 Å². The first-order chi connectivity index (χ1) is 16.9. The molecule has 0 aliphatic carbocycles. The van der Waals surface area contributed by atoms with Crippen LogP contribution in [0.3, 0.4) is 0 Å². The fourth-order valence-corrected chi connectivity index (χ4v) is 4.48. The van der Waals surface area contributed by atoms with Crippen molar-refractivity contribution in [1.82, 2.24) is 10.2 Å². The van der Waals surface area contributed by atoms with Crippen molar-refractivity contribution in [3.8, 4) is 11.5 Å². The lowest BCUT2D eigenvalue weighted by Crippen LogP contribution is -2.50. The van der Waals surface area contributed by atoms with E-state index in [-0.39, 0.29) is 17.0 Å². The standard InChI is InChI=1S/C29H40N2O5/c1-7-17-31-26(34)30-20-29(31,19-21-8-10-22(11-9-21)27(2,3)4)16-18-35-23-12-14-24(15-13-23)36-28(5,6)25(32)33/h8-15H,7,16-20H2,1-6H3,(H,30,34)(H,32,33). The molecule has 2 amide bonds. The summed E-state index contributed by atoms with van der Waals surface area (Å²) in [5.74, 6) is 0.0987. The van der Waals surface area contributed by atoms with Crippen molar-refractivity contribution in [3.05, 3.63) is 59.7 Å². The van der Waals surface area contributed by atoms with E-state index in [0.717, 1.165) is 12.8 Å². The van der Waals surface area contributed by atoms with Gasteiger partial charge in [-0.25, -0.2) is 9.59 Å². The second-order valence-electron chi connectivity index (χ2n) is 11.1. The van der Waals surface area contributed by atoms with Gasteiger partial charge in [0.2, 0.25) is 0 Å². The molecule has 1 fully saturated rings. The maximum atomic E-state index is 12.7. The number of amides is 2. The predicted molar refractivity (Wildman–Crippen MR) is 141 cm³/mol. The smallest absolute Gasteiger partial charge is 0.347 e. The van der Waals surface area contributed by atoms with Gasteiger partial charge in [-0.1, -0.05) is 52.0 Å². The first-order valence-electron chi connectivity index (χ1n) is 12.7. The zero-order valence-electron chi connectivity index (χ0n) is 22.4. The third-order valence-corrected chi connectivity index (χ3v) is 6.73. The van der Waals surface area contributed by atoms with Crippen LogP contribution in [0, 0.1) is 0 Å². The second kappa shape index (κ2) is 10.8. The summed E-state index contributed by atoms with van der Waals surface area (Å²) < 4.78 is 11.6. The van der Waals surface area contributed by atoms with Crippen LogP contribution in [0.4, 0.5) is 4.79 Å². The summed E-state index contributed by atoms with van der Waals surface area (Å²) in [4.78, 5) is 26.0. The van der Waals surface area contributed by atoms with Crippen molar-refractivity contribution < 1.29 is 24.2 Å². The summed E-state index contributed by atoms with van der Waals surface area (Å²) in [6.45, 7) is 13.4. The molecule has 196 valence electrons. The second-order valence-corrected chi connectivity index (χ2v) is 11.1. The average molecular weight is 497 g/mol. The number of nitrogens with one attached hydrogen (secondary N) is 1. The first kappa shape index (κ1) is 27.4. The minimum absolute atomic E-state index is 0.0225. The molecule has 0 saturated carbocycles. The molecule has 2 aromatic rings. The molecule has 0 bridgehead atoms. The Kier molecular flexibility index (Phi) is 8.22. The summed E-state index contributed by atoms with van der Waals surface area (Å²) >= 11 is 0. The van der Waals surface area contributed by atoms with E-state index in [9.17, 15) is 14.7 Å². The minimum Gasteiger partial charge on any atom is -0.494 e. The highest BCUT2D eigenvalue weighted by Crippen LogP contribution is 2.31. The molecule has 1 heterocycles. The number of benzene rings is 2. The van der Waals surface area contributed by atoms with Gasteiger partial charge < -0.3 is 24.8 Å². The molecule has 2 N–H and O–H groups in total. The normalized spacial score (nSPS) is 18.2. The number of carbonyl (C=O) groups is 2. The molecule has 1 saturated heterocycles. The predicted octanol–water partition coefficient (Wildman–Crippen LogP) is 5.41. The summed E-state index contributed by atoms with van der Waals surface area (Å²) in [7, 11) is 0. The molecule has 1 aliphatic rings. The van der Waals surface area contributed by atoms with Crippen molar-refractivity contribution in [2.24, 2.45) is 0 Å². The zero-order valence-corrected chi connectivity index (χ0v) is 22.4. The molecule has 3 rings (SSSR count). The number of urea groups is 1. The van der Waals surface area contributed by atoms with E-state index in [0.29, 0.717) is 37.6 Å². The van der Waals surface area contributed by atoms with Crippen LogP contribution in [0.15, 0.2) is 48.5 Å². The molecular formula is C29H40N2O5. The lowest BCUT2D eigenvalue weighted by atomic mass is 9.83. The third-order valence-electron chi connectivity index (χ3n) is 6.73. The van der Waals surface area contributed by atoms with E-state index < -0.39 is 11.6 Å². The van der Waals surface area contributed by atoms with Crippen LogP contribution in [0.1, 0.15) is 65.5 Å². The molecule has 1 unspecified atom stereocenters. The Morgan fingerprint density at radius 2 is 1.64 bits per heavy atom. The van der Waals surface area contributed by atoms with Gasteiger partial charge in [0.15, 0.2) is 5.60 Å². The molecule has 2 aromatic carbocycles. The Hall–Kier alpha value is -3.22. The van der Waals surface area contributed by atoms with Crippen LogP contribution in [-0.4, -0.2) is 52.8 Å². The number of hydrogen-bond acceptors (Lipinski definition) is 4. The van der Waals surface area contributed by atoms with Gasteiger partial charge in [-0.15, -0.1) is 0 Å². The Labute approximate surface area is 214 Å². The van der Waals surface area contributed by atoms with Gasteiger partial charge in [0.1, 0.15) is 11.5 Å². The number of ether oxygens (including phenoxy) is 2. The van der Waals surface area contributed by atoms with Gasteiger partial charge in [0, 0.05) is 19.5 Å². The van der Waals surface area contributed by atoms with E-state index in [4.69, 9.17) is 9.47 Å². The highest BCUT2D eigenvalue weighted by Gasteiger charge is 2.44. The molecule has 0 spiro atoms. The van der Waals surface area contributed by atoms with Crippen molar-refractivity contribution in [2.75, 3.05) is 19.7 Å². The number of carboxylic acid groups (broad SMARTS) is 1. The minimum atomic E-state index is -1.31. The molecular weight excluding hydrogens is 456 g/mol.